The molecule has 0 radical (unpaired) electrons. The molecular formula is C14H26N2O4. The van der Waals surface area contributed by atoms with E-state index in [2.05, 4.69) is 21.9 Å². The van der Waals surface area contributed by atoms with E-state index < -0.39 is 6.09 Å². The first-order valence-corrected chi connectivity index (χ1v) is 7.31. The van der Waals surface area contributed by atoms with Crippen LogP contribution in [-0.2, 0) is 14.3 Å². The zero-order valence-electron chi connectivity index (χ0n) is 12.7. The lowest BCUT2D eigenvalue weighted by Gasteiger charge is -2.37. The summed E-state index contributed by atoms with van der Waals surface area (Å²) in [7, 11) is 1.36. The lowest BCUT2D eigenvalue weighted by Crippen LogP contribution is -2.51. The number of likely N-dealkylation sites (tertiary alicyclic amines) is 1. The Morgan fingerprint density at radius 1 is 1.30 bits per heavy atom. The van der Waals surface area contributed by atoms with Crippen LogP contribution in [0.15, 0.2) is 0 Å². The van der Waals surface area contributed by atoms with E-state index in [-0.39, 0.29) is 17.9 Å². The van der Waals surface area contributed by atoms with Crippen LogP contribution >= 0.6 is 0 Å². The molecule has 0 aromatic heterocycles. The zero-order chi connectivity index (χ0) is 15.0. The van der Waals surface area contributed by atoms with Crippen LogP contribution in [0, 0.1) is 5.92 Å². The third-order valence-corrected chi connectivity index (χ3v) is 3.42. The number of rotatable bonds is 6. The Hall–Kier alpha value is -1.30. The number of carbonyl (C=O) groups is 2. The second kappa shape index (κ2) is 8.79. The minimum absolute atomic E-state index is 0.0298. The van der Waals surface area contributed by atoms with Crippen molar-refractivity contribution in [2.75, 3.05) is 33.4 Å². The van der Waals surface area contributed by atoms with Gasteiger partial charge >= 0.3 is 12.1 Å². The smallest absolute Gasteiger partial charge is 0.407 e. The number of esters is 1. The molecule has 1 heterocycles. The number of nitrogens with one attached hydrogen (secondary N) is 1. The van der Waals surface area contributed by atoms with Crippen molar-refractivity contribution in [2.45, 2.75) is 39.2 Å². The molecule has 1 rings (SSSR count). The third kappa shape index (κ3) is 5.77. The first kappa shape index (κ1) is 16.8. The van der Waals surface area contributed by atoms with E-state index in [0.29, 0.717) is 13.0 Å². The Morgan fingerprint density at radius 3 is 2.65 bits per heavy atom. The summed E-state index contributed by atoms with van der Waals surface area (Å²) in [5.74, 6) is 0.0594. The normalized spacial score (nSPS) is 23.1. The SMILES string of the molecule is CCCN1CC(CC(=O)OCC)CC(NC(=O)OC)C1. The second-order valence-electron chi connectivity index (χ2n) is 5.20. The maximum Gasteiger partial charge on any atom is 0.407 e. The molecule has 0 spiro atoms. The number of hydrogen-bond donors (Lipinski definition) is 1. The zero-order valence-corrected chi connectivity index (χ0v) is 12.7. The minimum Gasteiger partial charge on any atom is -0.466 e. The van der Waals surface area contributed by atoms with Crippen LogP contribution in [0.2, 0.25) is 0 Å². The molecule has 116 valence electrons. The average molecular weight is 286 g/mol. The van der Waals surface area contributed by atoms with Crippen LogP contribution in [0.3, 0.4) is 0 Å². The van der Waals surface area contributed by atoms with E-state index in [1.807, 2.05) is 6.92 Å². The summed E-state index contributed by atoms with van der Waals surface area (Å²) in [5.41, 5.74) is 0. The van der Waals surface area contributed by atoms with Gasteiger partial charge in [-0.05, 0) is 32.2 Å². The van der Waals surface area contributed by atoms with Crippen molar-refractivity contribution >= 4 is 12.1 Å². The minimum atomic E-state index is -0.414. The highest BCUT2D eigenvalue weighted by molar-refractivity contribution is 5.70. The van der Waals surface area contributed by atoms with Gasteiger partial charge in [0.25, 0.3) is 0 Å². The van der Waals surface area contributed by atoms with Gasteiger partial charge in [0, 0.05) is 25.6 Å². The molecule has 1 fully saturated rings. The first-order valence-electron chi connectivity index (χ1n) is 7.31. The molecule has 1 amide bonds. The summed E-state index contributed by atoms with van der Waals surface area (Å²) in [5, 5.41) is 2.84. The van der Waals surface area contributed by atoms with Gasteiger partial charge < -0.3 is 19.7 Å². The summed E-state index contributed by atoms with van der Waals surface area (Å²) < 4.78 is 9.65. The van der Waals surface area contributed by atoms with E-state index >= 15 is 0 Å². The first-order chi connectivity index (χ1) is 9.58. The van der Waals surface area contributed by atoms with Gasteiger partial charge in [0.05, 0.1) is 13.7 Å². The summed E-state index contributed by atoms with van der Waals surface area (Å²) in [6.07, 6.45) is 1.83. The number of hydrogen-bond acceptors (Lipinski definition) is 5. The van der Waals surface area contributed by atoms with Gasteiger partial charge in [-0.1, -0.05) is 6.92 Å². The lowest BCUT2D eigenvalue weighted by atomic mass is 9.91. The molecule has 0 aliphatic carbocycles. The molecule has 2 unspecified atom stereocenters. The van der Waals surface area contributed by atoms with Crippen molar-refractivity contribution in [3.8, 4) is 0 Å². The lowest BCUT2D eigenvalue weighted by molar-refractivity contribution is -0.144. The van der Waals surface area contributed by atoms with Crippen molar-refractivity contribution < 1.29 is 19.1 Å². The van der Waals surface area contributed by atoms with Crippen molar-refractivity contribution in [3.05, 3.63) is 0 Å². The van der Waals surface area contributed by atoms with Crippen molar-refractivity contribution in [1.29, 1.82) is 0 Å². The fourth-order valence-electron chi connectivity index (χ4n) is 2.74. The summed E-state index contributed by atoms with van der Waals surface area (Å²) >= 11 is 0. The largest absolute Gasteiger partial charge is 0.466 e. The van der Waals surface area contributed by atoms with Gasteiger partial charge in [-0.25, -0.2) is 4.79 Å². The number of nitrogens with zero attached hydrogens (tertiary/aromatic N) is 1. The Kier molecular flexibility index (Phi) is 7.36. The standard InChI is InChI=1S/C14H26N2O4/c1-4-6-16-9-11(8-13(17)20-5-2)7-12(10-16)15-14(18)19-3/h11-12H,4-10H2,1-3H3,(H,15,18). The number of amides is 1. The van der Waals surface area contributed by atoms with Crippen molar-refractivity contribution in [1.82, 2.24) is 10.2 Å². The number of ether oxygens (including phenoxy) is 2. The van der Waals surface area contributed by atoms with E-state index in [4.69, 9.17) is 4.74 Å². The van der Waals surface area contributed by atoms with Crippen molar-refractivity contribution in [3.63, 3.8) is 0 Å². The predicted octanol–water partition coefficient (Wildman–Crippen LogP) is 1.40. The van der Waals surface area contributed by atoms with Crippen LogP contribution in [0.4, 0.5) is 4.79 Å². The maximum absolute atomic E-state index is 11.6. The third-order valence-electron chi connectivity index (χ3n) is 3.42. The molecular weight excluding hydrogens is 260 g/mol. The van der Waals surface area contributed by atoms with Gasteiger partial charge in [-0.15, -0.1) is 0 Å². The summed E-state index contributed by atoms with van der Waals surface area (Å²) in [6, 6.07) is 0.0298. The van der Waals surface area contributed by atoms with Crippen LogP contribution in [0.25, 0.3) is 0 Å². The van der Waals surface area contributed by atoms with Gasteiger partial charge in [0.15, 0.2) is 0 Å². The van der Waals surface area contributed by atoms with Gasteiger partial charge in [-0.2, -0.15) is 0 Å². The number of alkyl carbamates (subject to hydrolysis) is 1. The molecule has 1 N–H and O–H groups in total. The fourth-order valence-corrected chi connectivity index (χ4v) is 2.74. The van der Waals surface area contributed by atoms with E-state index in [1.165, 1.54) is 7.11 Å². The van der Waals surface area contributed by atoms with Crippen LogP contribution < -0.4 is 5.32 Å². The monoisotopic (exact) mass is 286 g/mol. The Balaban J connectivity index is 2.55. The number of carbonyl (C=O) groups excluding carboxylic acids is 2. The molecule has 0 aromatic carbocycles. The van der Waals surface area contributed by atoms with E-state index in [1.54, 1.807) is 0 Å². The molecule has 1 aliphatic rings. The summed E-state index contributed by atoms with van der Waals surface area (Å²) in [4.78, 5) is 25.2. The highest BCUT2D eigenvalue weighted by Gasteiger charge is 2.29. The number of methoxy groups -OCH3 is 1. The second-order valence-corrected chi connectivity index (χ2v) is 5.20. The number of piperidine rings is 1. The van der Waals surface area contributed by atoms with Crippen LogP contribution in [-0.4, -0.2) is 56.4 Å². The molecule has 0 aromatic rings. The quantitative estimate of drug-likeness (QED) is 0.747. The van der Waals surface area contributed by atoms with E-state index in [9.17, 15) is 9.59 Å². The summed E-state index contributed by atoms with van der Waals surface area (Å²) in [6.45, 7) is 7.00. The van der Waals surface area contributed by atoms with Crippen molar-refractivity contribution in [2.24, 2.45) is 5.92 Å². The average Bonchev–Trinajstić information content (AvgIpc) is 2.38. The van der Waals surface area contributed by atoms with E-state index in [0.717, 1.165) is 32.5 Å². The topological polar surface area (TPSA) is 67.9 Å². The Bertz CT molecular complexity index is 322. The molecule has 1 aliphatic heterocycles. The molecule has 20 heavy (non-hydrogen) atoms. The molecule has 2 atom stereocenters. The Morgan fingerprint density at radius 2 is 2.05 bits per heavy atom. The van der Waals surface area contributed by atoms with Gasteiger partial charge in [0.1, 0.15) is 0 Å². The Labute approximate surface area is 120 Å². The predicted molar refractivity (Wildman–Crippen MR) is 75.4 cm³/mol. The maximum atomic E-state index is 11.6. The molecule has 1 saturated heterocycles. The highest BCUT2D eigenvalue weighted by atomic mass is 16.5. The van der Waals surface area contributed by atoms with Crippen LogP contribution in [0.5, 0.6) is 0 Å². The van der Waals surface area contributed by atoms with Gasteiger partial charge in [0.2, 0.25) is 0 Å². The molecule has 6 heteroatoms. The van der Waals surface area contributed by atoms with Crippen LogP contribution in [0.1, 0.15) is 33.1 Å². The molecule has 0 saturated carbocycles. The fraction of sp³-hybridized carbons (Fsp3) is 0.857. The molecule has 6 nitrogen and oxygen atoms in total. The molecule has 0 bridgehead atoms. The highest BCUT2D eigenvalue weighted by Crippen LogP contribution is 2.21. The van der Waals surface area contributed by atoms with Gasteiger partial charge in [-0.3, -0.25) is 4.79 Å².